The Hall–Kier alpha value is -1.69. The van der Waals surface area contributed by atoms with Crippen LogP contribution in [-0.4, -0.2) is 34.6 Å². The number of hydrogen-bond acceptors (Lipinski definition) is 4. The standard InChI is InChI=1S/C14H17NO4S/c16-13(17)9-19-11-6-2-1-5-10(11)15-14(18)12-7-3-4-8-20-12/h1-2,5-6,12H,3-4,7-9H2,(H,15,18)(H,16,17). The van der Waals surface area contributed by atoms with Crippen molar-refractivity contribution in [3.63, 3.8) is 0 Å². The number of amides is 1. The van der Waals surface area contributed by atoms with E-state index in [9.17, 15) is 9.59 Å². The first-order valence-corrected chi connectivity index (χ1v) is 7.58. The monoisotopic (exact) mass is 295 g/mol. The summed E-state index contributed by atoms with van der Waals surface area (Å²) in [6, 6.07) is 6.87. The zero-order valence-corrected chi connectivity index (χ0v) is 11.8. The average Bonchev–Trinajstić information content (AvgIpc) is 2.47. The lowest BCUT2D eigenvalue weighted by Gasteiger charge is -2.21. The molecule has 0 spiro atoms. The highest BCUT2D eigenvalue weighted by atomic mass is 32.2. The third kappa shape index (κ3) is 4.16. The predicted molar refractivity (Wildman–Crippen MR) is 78.3 cm³/mol. The first-order chi connectivity index (χ1) is 9.66. The van der Waals surface area contributed by atoms with Crippen LogP contribution in [0.15, 0.2) is 24.3 Å². The van der Waals surface area contributed by atoms with Gasteiger partial charge in [0.1, 0.15) is 5.75 Å². The molecule has 1 amide bonds. The Kier molecular flexibility index (Phi) is 5.29. The van der Waals surface area contributed by atoms with Gasteiger partial charge in [0.25, 0.3) is 0 Å². The van der Waals surface area contributed by atoms with E-state index in [0.717, 1.165) is 25.0 Å². The lowest BCUT2D eigenvalue weighted by Crippen LogP contribution is -2.27. The van der Waals surface area contributed by atoms with Crippen LogP contribution in [0.2, 0.25) is 0 Å². The van der Waals surface area contributed by atoms with Crippen molar-refractivity contribution >= 4 is 29.3 Å². The highest BCUT2D eigenvalue weighted by molar-refractivity contribution is 8.00. The van der Waals surface area contributed by atoms with Gasteiger partial charge in [0.05, 0.1) is 10.9 Å². The van der Waals surface area contributed by atoms with Crippen molar-refractivity contribution in [1.29, 1.82) is 0 Å². The van der Waals surface area contributed by atoms with Crippen LogP contribution in [0.25, 0.3) is 0 Å². The topological polar surface area (TPSA) is 75.6 Å². The molecule has 1 atom stereocenters. The van der Waals surface area contributed by atoms with Crippen molar-refractivity contribution in [2.75, 3.05) is 17.7 Å². The van der Waals surface area contributed by atoms with Crippen molar-refractivity contribution in [3.8, 4) is 5.75 Å². The van der Waals surface area contributed by atoms with Gasteiger partial charge in [0, 0.05) is 0 Å². The molecule has 1 fully saturated rings. The van der Waals surface area contributed by atoms with Gasteiger partial charge in [0.15, 0.2) is 6.61 Å². The second-order valence-electron chi connectivity index (χ2n) is 4.52. The molecular weight excluding hydrogens is 278 g/mol. The second-order valence-corrected chi connectivity index (χ2v) is 5.83. The van der Waals surface area contributed by atoms with Crippen LogP contribution in [0, 0.1) is 0 Å². The summed E-state index contributed by atoms with van der Waals surface area (Å²) in [6.07, 6.45) is 3.11. The summed E-state index contributed by atoms with van der Waals surface area (Å²) in [7, 11) is 0. The van der Waals surface area contributed by atoms with Gasteiger partial charge in [-0.1, -0.05) is 18.6 Å². The third-order valence-corrected chi connectivity index (χ3v) is 4.34. The van der Waals surface area contributed by atoms with Gasteiger partial charge in [-0.2, -0.15) is 0 Å². The van der Waals surface area contributed by atoms with Gasteiger partial charge < -0.3 is 15.2 Å². The van der Waals surface area contributed by atoms with Gasteiger partial charge in [-0.25, -0.2) is 4.79 Å². The molecule has 1 aromatic carbocycles. The molecule has 2 rings (SSSR count). The van der Waals surface area contributed by atoms with Gasteiger partial charge in [-0.05, 0) is 30.7 Å². The molecular formula is C14H17NO4S. The van der Waals surface area contributed by atoms with Crippen LogP contribution in [0.4, 0.5) is 5.69 Å². The minimum absolute atomic E-state index is 0.0312. The largest absolute Gasteiger partial charge is 0.480 e. The Morgan fingerprint density at radius 3 is 2.85 bits per heavy atom. The highest BCUT2D eigenvalue weighted by Gasteiger charge is 2.22. The van der Waals surface area contributed by atoms with Crippen LogP contribution in [0.5, 0.6) is 5.75 Å². The van der Waals surface area contributed by atoms with E-state index >= 15 is 0 Å². The summed E-state index contributed by atoms with van der Waals surface area (Å²) in [5, 5.41) is 11.4. The number of nitrogens with one attached hydrogen (secondary N) is 1. The molecule has 0 radical (unpaired) electrons. The molecule has 1 aliphatic rings. The Labute approximate surface area is 121 Å². The van der Waals surface area contributed by atoms with E-state index in [0.29, 0.717) is 11.4 Å². The Balaban J connectivity index is 2.00. The third-order valence-electron chi connectivity index (χ3n) is 2.97. The normalized spacial score (nSPS) is 18.3. The van der Waals surface area contributed by atoms with Crippen molar-refractivity contribution < 1.29 is 19.4 Å². The Morgan fingerprint density at radius 2 is 2.15 bits per heavy atom. The number of carbonyl (C=O) groups excluding carboxylic acids is 1. The quantitative estimate of drug-likeness (QED) is 0.872. The summed E-state index contributed by atoms with van der Waals surface area (Å²) in [4.78, 5) is 22.7. The maximum absolute atomic E-state index is 12.2. The number of hydrogen-bond donors (Lipinski definition) is 2. The molecule has 1 unspecified atom stereocenters. The molecule has 108 valence electrons. The molecule has 1 aliphatic heterocycles. The lowest BCUT2D eigenvalue weighted by molar-refractivity contribution is -0.139. The number of benzene rings is 1. The maximum Gasteiger partial charge on any atom is 0.341 e. The summed E-state index contributed by atoms with van der Waals surface area (Å²) in [6.45, 7) is -0.426. The Morgan fingerprint density at radius 1 is 1.35 bits per heavy atom. The van der Waals surface area contributed by atoms with E-state index in [1.807, 2.05) is 0 Å². The number of thioether (sulfide) groups is 1. The summed E-state index contributed by atoms with van der Waals surface area (Å²) in [5.41, 5.74) is 0.518. The number of rotatable bonds is 5. The fourth-order valence-electron chi connectivity index (χ4n) is 2.00. The molecule has 6 heteroatoms. The second kappa shape index (κ2) is 7.19. The van der Waals surface area contributed by atoms with E-state index in [1.54, 1.807) is 36.0 Å². The van der Waals surface area contributed by atoms with Gasteiger partial charge in [0.2, 0.25) is 5.91 Å². The molecule has 0 saturated carbocycles. The van der Waals surface area contributed by atoms with Crippen LogP contribution in [0.3, 0.4) is 0 Å². The number of carbonyl (C=O) groups is 2. The molecule has 1 saturated heterocycles. The van der Waals surface area contributed by atoms with E-state index < -0.39 is 12.6 Å². The fraction of sp³-hybridized carbons (Fsp3) is 0.429. The number of ether oxygens (including phenoxy) is 1. The van der Waals surface area contributed by atoms with E-state index in [1.165, 1.54) is 0 Å². The van der Waals surface area contributed by atoms with Crippen molar-refractivity contribution in [1.82, 2.24) is 0 Å². The molecule has 0 aliphatic carbocycles. The van der Waals surface area contributed by atoms with Crippen molar-refractivity contribution in [2.24, 2.45) is 0 Å². The summed E-state index contributed by atoms with van der Waals surface area (Å²) < 4.78 is 5.17. The number of carboxylic acids is 1. The first kappa shape index (κ1) is 14.7. The Bertz CT molecular complexity index is 486. The lowest BCUT2D eigenvalue weighted by atomic mass is 10.1. The smallest absolute Gasteiger partial charge is 0.341 e. The van der Waals surface area contributed by atoms with Crippen molar-refractivity contribution in [3.05, 3.63) is 24.3 Å². The minimum atomic E-state index is -1.05. The molecule has 20 heavy (non-hydrogen) atoms. The zero-order chi connectivity index (χ0) is 14.4. The molecule has 0 bridgehead atoms. The summed E-state index contributed by atoms with van der Waals surface area (Å²) >= 11 is 1.67. The van der Waals surface area contributed by atoms with Crippen LogP contribution < -0.4 is 10.1 Å². The number of carboxylic acid groups (broad SMARTS) is 1. The number of anilines is 1. The SMILES string of the molecule is O=C(O)COc1ccccc1NC(=O)C1CCCCS1. The number of aliphatic carboxylic acids is 1. The van der Waals surface area contributed by atoms with Crippen LogP contribution >= 0.6 is 11.8 Å². The van der Waals surface area contributed by atoms with Gasteiger partial charge in [-0.15, -0.1) is 11.8 Å². The zero-order valence-electron chi connectivity index (χ0n) is 11.0. The molecule has 5 nitrogen and oxygen atoms in total. The first-order valence-electron chi connectivity index (χ1n) is 6.53. The molecule has 0 aromatic heterocycles. The van der Waals surface area contributed by atoms with Crippen LogP contribution in [0.1, 0.15) is 19.3 Å². The van der Waals surface area contributed by atoms with E-state index in [-0.39, 0.29) is 11.2 Å². The van der Waals surface area contributed by atoms with Gasteiger partial charge in [-0.3, -0.25) is 4.79 Å². The van der Waals surface area contributed by atoms with Crippen molar-refractivity contribution in [2.45, 2.75) is 24.5 Å². The highest BCUT2D eigenvalue weighted by Crippen LogP contribution is 2.28. The van der Waals surface area contributed by atoms with E-state index in [2.05, 4.69) is 5.32 Å². The predicted octanol–water partition coefficient (Wildman–Crippen LogP) is 2.37. The molecule has 2 N–H and O–H groups in total. The average molecular weight is 295 g/mol. The van der Waals surface area contributed by atoms with E-state index in [4.69, 9.17) is 9.84 Å². The van der Waals surface area contributed by atoms with Gasteiger partial charge >= 0.3 is 5.97 Å². The summed E-state index contributed by atoms with van der Waals surface area (Å²) in [5.74, 6) is 0.300. The molecule has 1 aromatic rings. The van der Waals surface area contributed by atoms with Crippen LogP contribution in [-0.2, 0) is 9.59 Å². The fourth-order valence-corrected chi connectivity index (χ4v) is 3.19. The molecule has 1 heterocycles. The maximum atomic E-state index is 12.2. The number of para-hydroxylation sites is 2. The minimum Gasteiger partial charge on any atom is -0.480 e.